The Kier molecular flexibility index (Phi) is 3.97. The highest BCUT2D eigenvalue weighted by Gasteiger charge is 2.33. The summed E-state index contributed by atoms with van der Waals surface area (Å²) in [5.41, 5.74) is 0.218. The first-order valence-corrected chi connectivity index (χ1v) is 6.15. The van der Waals surface area contributed by atoms with E-state index in [1.54, 1.807) is 24.5 Å². The molecule has 1 saturated heterocycles. The number of halogens is 1. The van der Waals surface area contributed by atoms with Crippen LogP contribution >= 0.6 is 11.6 Å². The standard InChI is InChI=1S/C12H15ClN2O2/c13-9-12(3-6-17-7-4-12)15-11(16)10-2-1-5-14-8-10/h1-2,5,8H,3-4,6-7,9H2,(H,15,16). The van der Waals surface area contributed by atoms with Gasteiger partial charge in [0.25, 0.3) is 5.91 Å². The lowest BCUT2D eigenvalue weighted by Gasteiger charge is -2.36. The van der Waals surface area contributed by atoms with Gasteiger partial charge in [-0.3, -0.25) is 9.78 Å². The second-order valence-corrected chi connectivity index (χ2v) is 4.49. The summed E-state index contributed by atoms with van der Waals surface area (Å²) >= 11 is 5.98. The van der Waals surface area contributed by atoms with Gasteiger partial charge in [-0.1, -0.05) is 0 Å². The smallest absolute Gasteiger partial charge is 0.253 e. The molecule has 92 valence electrons. The Hall–Kier alpha value is -1.13. The van der Waals surface area contributed by atoms with Crippen molar-refractivity contribution in [1.82, 2.24) is 10.3 Å². The first-order valence-electron chi connectivity index (χ1n) is 5.62. The highest BCUT2D eigenvalue weighted by molar-refractivity contribution is 6.19. The van der Waals surface area contributed by atoms with Gasteiger partial charge in [0.1, 0.15) is 0 Å². The fourth-order valence-electron chi connectivity index (χ4n) is 1.86. The Bertz CT molecular complexity index is 377. The fourth-order valence-corrected chi connectivity index (χ4v) is 2.20. The lowest BCUT2D eigenvalue weighted by atomic mass is 9.92. The topological polar surface area (TPSA) is 51.2 Å². The van der Waals surface area contributed by atoms with Crippen LogP contribution in [-0.4, -0.2) is 35.5 Å². The van der Waals surface area contributed by atoms with Crippen LogP contribution in [0.4, 0.5) is 0 Å². The van der Waals surface area contributed by atoms with Crippen LogP contribution in [-0.2, 0) is 4.74 Å². The summed E-state index contributed by atoms with van der Waals surface area (Å²) in [6, 6.07) is 3.48. The Morgan fingerprint density at radius 3 is 2.88 bits per heavy atom. The van der Waals surface area contributed by atoms with E-state index < -0.39 is 0 Å². The summed E-state index contributed by atoms with van der Waals surface area (Å²) in [5.74, 6) is 0.281. The number of alkyl halides is 1. The predicted molar refractivity (Wildman–Crippen MR) is 65.2 cm³/mol. The number of aromatic nitrogens is 1. The lowest BCUT2D eigenvalue weighted by Crippen LogP contribution is -2.53. The van der Waals surface area contributed by atoms with E-state index in [0.29, 0.717) is 24.7 Å². The van der Waals surface area contributed by atoms with Crippen molar-refractivity contribution >= 4 is 17.5 Å². The monoisotopic (exact) mass is 254 g/mol. The molecule has 1 aliphatic heterocycles. The van der Waals surface area contributed by atoms with Crippen molar-refractivity contribution in [3.63, 3.8) is 0 Å². The molecule has 17 heavy (non-hydrogen) atoms. The van der Waals surface area contributed by atoms with Crippen molar-refractivity contribution in [3.05, 3.63) is 30.1 Å². The van der Waals surface area contributed by atoms with Crippen molar-refractivity contribution in [3.8, 4) is 0 Å². The van der Waals surface area contributed by atoms with Gasteiger partial charge in [-0.25, -0.2) is 0 Å². The number of carbonyl (C=O) groups is 1. The number of rotatable bonds is 3. The van der Waals surface area contributed by atoms with E-state index in [0.717, 1.165) is 12.8 Å². The molecule has 2 heterocycles. The van der Waals surface area contributed by atoms with E-state index >= 15 is 0 Å². The summed E-state index contributed by atoms with van der Waals surface area (Å²) in [4.78, 5) is 16.0. The van der Waals surface area contributed by atoms with E-state index in [9.17, 15) is 4.79 Å². The first kappa shape index (κ1) is 12.3. The molecule has 2 rings (SSSR count). The molecule has 0 unspecified atom stereocenters. The third-order valence-electron chi connectivity index (χ3n) is 3.01. The highest BCUT2D eigenvalue weighted by atomic mass is 35.5. The maximum atomic E-state index is 12.0. The van der Waals surface area contributed by atoms with E-state index in [-0.39, 0.29) is 11.4 Å². The van der Waals surface area contributed by atoms with Crippen molar-refractivity contribution in [2.45, 2.75) is 18.4 Å². The fraction of sp³-hybridized carbons (Fsp3) is 0.500. The second kappa shape index (κ2) is 5.47. The lowest BCUT2D eigenvalue weighted by molar-refractivity contribution is 0.0433. The van der Waals surface area contributed by atoms with Gasteiger partial charge in [0.05, 0.1) is 11.1 Å². The number of pyridine rings is 1. The number of amides is 1. The van der Waals surface area contributed by atoms with Gasteiger partial charge >= 0.3 is 0 Å². The van der Waals surface area contributed by atoms with Gasteiger partial charge in [-0.05, 0) is 25.0 Å². The third-order valence-corrected chi connectivity index (χ3v) is 3.52. The molecule has 1 amide bonds. The molecule has 0 aromatic carbocycles. The molecule has 0 aliphatic carbocycles. The van der Waals surface area contributed by atoms with Gasteiger partial charge in [-0.2, -0.15) is 0 Å². The number of hydrogen-bond donors (Lipinski definition) is 1. The van der Waals surface area contributed by atoms with Crippen molar-refractivity contribution < 1.29 is 9.53 Å². The molecule has 1 N–H and O–H groups in total. The van der Waals surface area contributed by atoms with Gasteiger partial charge in [0.15, 0.2) is 0 Å². The largest absolute Gasteiger partial charge is 0.381 e. The zero-order chi connectivity index (χ0) is 12.1. The van der Waals surface area contributed by atoms with Crippen LogP contribution < -0.4 is 5.32 Å². The van der Waals surface area contributed by atoms with E-state index in [1.807, 2.05) is 0 Å². The molecule has 0 atom stereocenters. The molecule has 1 fully saturated rings. The summed E-state index contributed by atoms with van der Waals surface area (Å²) in [6.07, 6.45) is 4.70. The highest BCUT2D eigenvalue weighted by Crippen LogP contribution is 2.22. The molecular formula is C12H15ClN2O2. The predicted octanol–water partition coefficient (Wildman–Crippen LogP) is 1.60. The number of carbonyl (C=O) groups excluding carboxylic acids is 1. The normalized spacial score (nSPS) is 18.6. The molecule has 0 spiro atoms. The average molecular weight is 255 g/mol. The summed E-state index contributed by atoms with van der Waals surface area (Å²) in [5, 5.41) is 3.01. The molecule has 1 aliphatic rings. The minimum absolute atomic E-state index is 0.124. The molecule has 5 heteroatoms. The molecule has 0 saturated carbocycles. The number of nitrogens with one attached hydrogen (secondary N) is 1. The SMILES string of the molecule is O=C(NC1(CCl)CCOCC1)c1cccnc1. The summed E-state index contributed by atoms with van der Waals surface area (Å²) in [6.45, 7) is 1.28. The molecule has 4 nitrogen and oxygen atoms in total. The number of nitrogens with zero attached hydrogens (tertiary/aromatic N) is 1. The number of hydrogen-bond acceptors (Lipinski definition) is 3. The van der Waals surface area contributed by atoms with Crippen LogP contribution in [0.5, 0.6) is 0 Å². The van der Waals surface area contributed by atoms with Crippen molar-refractivity contribution in [1.29, 1.82) is 0 Å². The zero-order valence-electron chi connectivity index (χ0n) is 9.49. The van der Waals surface area contributed by atoms with Crippen LogP contribution in [0.15, 0.2) is 24.5 Å². The van der Waals surface area contributed by atoms with E-state index in [1.165, 1.54) is 0 Å². The maximum absolute atomic E-state index is 12.0. The Labute approximate surface area is 105 Å². The van der Waals surface area contributed by atoms with Crippen LogP contribution in [0.25, 0.3) is 0 Å². The van der Waals surface area contributed by atoms with Crippen LogP contribution in [0.3, 0.4) is 0 Å². The van der Waals surface area contributed by atoms with Gasteiger partial charge in [-0.15, -0.1) is 11.6 Å². The summed E-state index contributed by atoms with van der Waals surface area (Å²) in [7, 11) is 0. The Morgan fingerprint density at radius 2 is 2.29 bits per heavy atom. The Morgan fingerprint density at radius 1 is 1.53 bits per heavy atom. The summed E-state index contributed by atoms with van der Waals surface area (Å²) < 4.78 is 5.29. The maximum Gasteiger partial charge on any atom is 0.253 e. The van der Waals surface area contributed by atoms with Crippen molar-refractivity contribution in [2.75, 3.05) is 19.1 Å². The first-order chi connectivity index (χ1) is 8.26. The molecule has 1 aromatic heterocycles. The van der Waals surface area contributed by atoms with Gasteiger partial charge in [0, 0.05) is 31.5 Å². The number of ether oxygens (including phenoxy) is 1. The van der Waals surface area contributed by atoms with Gasteiger partial charge < -0.3 is 10.1 Å². The van der Waals surface area contributed by atoms with Crippen LogP contribution in [0.2, 0.25) is 0 Å². The minimum Gasteiger partial charge on any atom is -0.381 e. The van der Waals surface area contributed by atoms with Crippen LogP contribution in [0.1, 0.15) is 23.2 Å². The van der Waals surface area contributed by atoms with Crippen LogP contribution in [0, 0.1) is 0 Å². The minimum atomic E-state index is -0.341. The van der Waals surface area contributed by atoms with E-state index in [2.05, 4.69) is 10.3 Å². The van der Waals surface area contributed by atoms with Gasteiger partial charge in [0.2, 0.25) is 0 Å². The van der Waals surface area contributed by atoms with Crippen molar-refractivity contribution in [2.24, 2.45) is 0 Å². The molecular weight excluding hydrogens is 240 g/mol. The van der Waals surface area contributed by atoms with E-state index in [4.69, 9.17) is 16.3 Å². The quantitative estimate of drug-likeness (QED) is 0.834. The zero-order valence-corrected chi connectivity index (χ0v) is 10.2. The second-order valence-electron chi connectivity index (χ2n) is 4.22. The third kappa shape index (κ3) is 2.96. The molecule has 0 bridgehead atoms. The Balaban J connectivity index is 2.06. The molecule has 1 aromatic rings. The molecule has 0 radical (unpaired) electrons. The average Bonchev–Trinajstić information content (AvgIpc) is 2.41.